The molecule has 0 aliphatic carbocycles. The largest absolute Gasteiger partial charge is 0.390 e. The number of allylic oxidation sites excluding steroid dienone is 1. The highest BCUT2D eigenvalue weighted by molar-refractivity contribution is 5.00. The van der Waals surface area contributed by atoms with Crippen LogP contribution in [0.15, 0.2) is 12.2 Å². The van der Waals surface area contributed by atoms with Crippen molar-refractivity contribution in [2.24, 2.45) is 0 Å². The van der Waals surface area contributed by atoms with Gasteiger partial charge in [0.1, 0.15) is 12.2 Å². The molecule has 33 heavy (non-hydrogen) atoms. The van der Waals surface area contributed by atoms with Crippen LogP contribution in [-0.2, 0) is 9.47 Å². The summed E-state index contributed by atoms with van der Waals surface area (Å²) < 4.78 is 11.8. The maximum atomic E-state index is 10.2. The van der Waals surface area contributed by atoms with Gasteiger partial charge in [0, 0.05) is 0 Å². The second kappa shape index (κ2) is 19.9. The van der Waals surface area contributed by atoms with Crippen molar-refractivity contribution in [2.45, 2.75) is 180 Å². The first-order valence-corrected chi connectivity index (χ1v) is 14.7. The number of unbranched alkanes of at least 4 members (excludes halogenated alkanes) is 18. The lowest BCUT2D eigenvalue weighted by Crippen LogP contribution is -2.34. The van der Waals surface area contributed by atoms with Crippen LogP contribution in [-0.4, -0.2) is 29.2 Å². The minimum Gasteiger partial charge on any atom is -0.390 e. The molecule has 0 amide bonds. The van der Waals surface area contributed by atoms with Gasteiger partial charge in [-0.2, -0.15) is 0 Å². The first kappa shape index (κ1) is 30.7. The van der Waals surface area contributed by atoms with Gasteiger partial charge >= 0.3 is 0 Å². The molecule has 0 spiro atoms. The molecule has 0 radical (unpaired) electrons. The monoisotopic (exact) mass is 466 g/mol. The lowest BCUT2D eigenvalue weighted by Gasteiger charge is -2.20. The van der Waals surface area contributed by atoms with E-state index in [4.69, 9.17) is 9.47 Å². The van der Waals surface area contributed by atoms with Crippen LogP contribution in [0.2, 0.25) is 0 Å². The van der Waals surface area contributed by atoms with Crippen molar-refractivity contribution in [3.8, 4) is 0 Å². The molecule has 0 aromatic rings. The molecular formula is C30H58O3. The smallest absolute Gasteiger partial charge is 0.164 e. The fraction of sp³-hybridized carbons (Fsp3) is 0.933. The van der Waals surface area contributed by atoms with Gasteiger partial charge in [0.05, 0.1) is 6.10 Å². The minimum absolute atomic E-state index is 0.134. The molecule has 0 aromatic heterocycles. The van der Waals surface area contributed by atoms with Crippen LogP contribution in [0.5, 0.6) is 0 Å². The quantitative estimate of drug-likeness (QED) is 0.128. The summed E-state index contributed by atoms with van der Waals surface area (Å²) in [5.41, 5.74) is 0. The molecule has 1 saturated heterocycles. The van der Waals surface area contributed by atoms with Crippen molar-refractivity contribution < 1.29 is 14.6 Å². The van der Waals surface area contributed by atoms with Crippen molar-refractivity contribution in [3.63, 3.8) is 0 Å². The number of ether oxygens (including phenoxy) is 2. The molecule has 0 unspecified atom stereocenters. The Labute approximate surface area is 207 Å². The molecular weight excluding hydrogens is 408 g/mol. The highest BCUT2D eigenvalue weighted by Crippen LogP contribution is 2.31. The molecule has 1 aliphatic heterocycles. The van der Waals surface area contributed by atoms with E-state index in [0.717, 1.165) is 6.42 Å². The van der Waals surface area contributed by atoms with Gasteiger partial charge < -0.3 is 14.6 Å². The zero-order valence-corrected chi connectivity index (χ0v) is 22.8. The Morgan fingerprint density at radius 2 is 1.09 bits per heavy atom. The van der Waals surface area contributed by atoms with Gasteiger partial charge in [0.15, 0.2) is 5.79 Å². The Kier molecular flexibility index (Phi) is 18.5. The van der Waals surface area contributed by atoms with Crippen molar-refractivity contribution in [1.82, 2.24) is 0 Å². The fourth-order valence-electron chi connectivity index (χ4n) is 4.89. The van der Waals surface area contributed by atoms with Crippen LogP contribution in [0.1, 0.15) is 156 Å². The van der Waals surface area contributed by atoms with E-state index in [1.807, 2.05) is 20.8 Å². The van der Waals surface area contributed by atoms with E-state index < -0.39 is 11.9 Å². The van der Waals surface area contributed by atoms with Crippen LogP contribution in [0, 0.1) is 0 Å². The van der Waals surface area contributed by atoms with E-state index in [9.17, 15) is 5.11 Å². The van der Waals surface area contributed by atoms with Crippen molar-refractivity contribution in [2.75, 3.05) is 0 Å². The van der Waals surface area contributed by atoms with Crippen LogP contribution >= 0.6 is 0 Å². The zero-order valence-electron chi connectivity index (χ0n) is 22.8. The summed E-state index contributed by atoms with van der Waals surface area (Å²) in [4.78, 5) is 0. The molecule has 196 valence electrons. The van der Waals surface area contributed by atoms with Crippen LogP contribution in [0.4, 0.5) is 0 Å². The van der Waals surface area contributed by atoms with Gasteiger partial charge in [-0.05, 0) is 33.1 Å². The molecule has 1 N–H and O–H groups in total. The second-order valence-electron chi connectivity index (χ2n) is 10.8. The van der Waals surface area contributed by atoms with E-state index in [1.165, 1.54) is 116 Å². The van der Waals surface area contributed by atoms with Crippen molar-refractivity contribution in [3.05, 3.63) is 12.2 Å². The van der Waals surface area contributed by atoms with Gasteiger partial charge in [-0.15, -0.1) is 0 Å². The summed E-state index contributed by atoms with van der Waals surface area (Å²) in [6.45, 7) is 8.13. The third kappa shape index (κ3) is 16.0. The van der Waals surface area contributed by atoms with Crippen LogP contribution in [0.3, 0.4) is 0 Å². The molecule has 1 fully saturated rings. The van der Waals surface area contributed by atoms with Crippen molar-refractivity contribution in [1.29, 1.82) is 0 Å². The van der Waals surface area contributed by atoms with Crippen molar-refractivity contribution >= 4 is 0 Å². The molecule has 0 saturated carbocycles. The molecule has 1 aliphatic rings. The molecule has 1 heterocycles. The predicted octanol–water partition coefficient (Wildman–Crippen LogP) is 9.27. The number of aliphatic hydroxyl groups is 1. The molecule has 3 nitrogen and oxygen atoms in total. The average molecular weight is 467 g/mol. The van der Waals surface area contributed by atoms with Gasteiger partial charge in [0.2, 0.25) is 0 Å². The van der Waals surface area contributed by atoms with Crippen LogP contribution in [0.25, 0.3) is 0 Å². The Morgan fingerprint density at radius 1 is 0.667 bits per heavy atom. The molecule has 3 atom stereocenters. The van der Waals surface area contributed by atoms with Gasteiger partial charge in [0.25, 0.3) is 0 Å². The summed E-state index contributed by atoms with van der Waals surface area (Å²) in [6.07, 6.45) is 30.7. The lowest BCUT2D eigenvalue weighted by molar-refractivity contribution is -0.153. The van der Waals surface area contributed by atoms with E-state index in [1.54, 1.807) is 0 Å². The summed E-state index contributed by atoms with van der Waals surface area (Å²) in [7, 11) is 0. The Bertz CT molecular complexity index is 459. The third-order valence-electron chi connectivity index (χ3n) is 7.01. The topological polar surface area (TPSA) is 38.7 Å². The highest BCUT2D eigenvalue weighted by Gasteiger charge is 2.42. The maximum Gasteiger partial charge on any atom is 0.164 e. The molecule has 0 aromatic carbocycles. The Balaban J connectivity index is 1.86. The van der Waals surface area contributed by atoms with Gasteiger partial charge in [-0.25, -0.2) is 0 Å². The number of aliphatic hydroxyl groups excluding tert-OH is 1. The van der Waals surface area contributed by atoms with E-state index >= 15 is 0 Å². The normalized spacial score (nSPS) is 21.2. The summed E-state index contributed by atoms with van der Waals surface area (Å²) in [6, 6.07) is 0. The standard InChI is InChI=1S/C30H58O3/c1-5-7-8-9-10-11-12-13-14-15-16-17-18-19-20-21-22-23-24-25-26-28-29(27(31)6-2)33-30(3,4)32-28/h25-29,31H,5-24H2,1-4H3/t27-,28+,29-/m0/s1. The molecule has 0 bridgehead atoms. The van der Waals surface area contributed by atoms with E-state index in [-0.39, 0.29) is 12.2 Å². The fourth-order valence-corrected chi connectivity index (χ4v) is 4.89. The SMILES string of the molecule is CCCCCCCCCCCCCCCCCCCCC=C[C@H]1OC(C)(C)O[C@H]1[C@@H](O)CC. The summed E-state index contributed by atoms with van der Waals surface area (Å²) in [5.74, 6) is -0.608. The van der Waals surface area contributed by atoms with Crippen LogP contribution < -0.4 is 0 Å². The lowest BCUT2D eigenvalue weighted by atomic mass is 10.0. The van der Waals surface area contributed by atoms with Gasteiger partial charge in [-0.1, -0.05) is 135 Å². The number of hydrogen-bond acceptors (Lipinski definition) is 3. The zero-order chi connectivity index (χ0) is 24.2. The van der Waals surface area contributed by atoms with Gasteiger partial charge in [-0.3, -0.25) is 0 Å². The summed E-state index contributed by atoms with van der Waals surface area (Å²) in [5, 5.41) is 10.2. The van der Waals surface area contributed by atoms with E-state index in [2.05, 4.69) is 19.1 Å². The second-order valence-corrected chi connectivity index (χ2v) is 10.8. The number of rotatable bonds is 22. The predicted molar refractivity (Wildman–Crippen MR) is 143 cm³/mol. The Morgan fingerprint density at radius 3 is 1.52 bits per heavy atom. The maximum absolute atomic E-state index is 10.2. The summed E-state index contributed by atoms with van der Waals surface area (Å²) >= 11 is 0. The number of hydrogen-bond donors (Lipinski definition) is 1. The third-order valence-corrected chi connectivity index (χ3v) is 7.01. The first-order valence-electron chi connectivity index (χ1n) is 14.7. The average Bonchev–Trinajstić information content (AvgIpc) is 3.11. The van der Waals surface area contributed by atoms with E-state index in [0.29, 0.717) is 6.42 Å². The molecule has 1 rings (SSSR count). The highest BCUT2D eigenvalue weighted by atomic mass is 16.8. The molecule has 3 heteroatoms. The Hall–Kier alpha value is -0.380. The minimum atomic E-state index is -0.608. The first-order chi connectivity index (χ1) is 16.0.